The second kappa shape index (κ2) is 8.46. The molecule has 1 saturated carbocycles. The summed E-state index contributed by atoms with van der Waals surface area (Å²) in [6.07, 6.45) is 7.28. The molecule has 0 radical (unpaired) electrons. The number of likely N-dealkylation sites (N-methyl/N-ethyl adjacent to an activating group) is 2. The van der Waals surface area contributed by atoms with Crippen LogP contribution in [0.3, 0.4) is 0 Å². The van der Waals surface area contributed by atoms with Gasteiger partial charge in [-0.3, -0.25) is 9.59 Å². The summed E-state index contributed by atoms with van der Waals surface area (Å²) in [4.78, 5) is 30.5. The fraction of sp³-hybridized carbons (Fsp3) is 0.481. The Labute approximate surface area is 218 Å². The third-order valence-corrected chi connectivity index (χ3v) is 10.3. The highest BCUT2D eigenvalue weighted by Crippen LogP contribution is 2.63. The summed E-state index contributed by atoms with van der Waals surface area (Å²) < 4.78 is 13.4. The van der Waals surface area contributed by atoms with Gasteiger partial charge >= 0.3 is 5.97 Å². The van der Waals surface area contributed by atoms with Gasteiger partial charge in [-0.15, -0.1) is 11.3 Å². The summed E-state index contributed by atoms with van der Waals surface area (Å²) in [5, 5.41) is 2.01. The Hall–Kier alpha value is -2.16. The number of likely N-dealkylation sites (tertiary alicyclic amines) is 1. The second-order valence-corrected chi connectivity index (χ2v) is 12.1. The normalized spacial score (nSPS) is 30.6. The van der Waals surface area contributed by atoms with Crippen LogP contribution in [-0.4, -0.2) is 60.5 Å². The summed E-state index contributed by atoms with van der Waals surface area (Å²) in [6.45, 7) is 2.45. The molecule has 1 saturated heterocycles. The predicted molar refractivity (Wildman–Crippen MR) is 139 cm³/mol. The number of benzene rings is 1. The van der Waals surface area contributed by atoms with Gasteiger partial charge in [0.15, 0.2) is 0 Å². The minimum atomic E-state index is -0.300. The highest BCUT2D eigenvalue weighted by atomic mass is 79.9. The first kappa shape index (κ1) is 23.3. The van der Waals surface area contributed by atoms with Crippen LogP contribution in [0.2, 0.25) is 0 Å². The number of ether oxygens (including phenoxy) is 2. The zero-order chi connectivity index (χ0) is 24.5. The summed E-state index contributed by atoms with van der Waals surface area (Å²) in [6, 6.07) is 6.22. The first-order valence-corrected chi connectivity index (χ1v) is 13.9. The maximum Gasteiger partial charge on any atom is 0.308 e. The van der Waals surface area contributed by atoms with Crippen LogP contribution in [0.25, 0.3) is 6.08 Å². The molecule has 1 aromatic heterocycles. The average molecular weight is 558 g/mol. The standard InChI is InChI=1S/C27H29BrN2O4S/c1-15(31)33-22-7-8-23-25-18(22)13-21-19-5-6-20(26(34-23)27(19,25)10-11-29(21)2)30(3)24(32)9-4-17-12-16(28)14-35-17/h4,7-9,12,14,19-21,26H,5-6,10-11,13H2,1-3H3/b9-4+/t19-,20-,21+,26-,27-/m0/s1. The number of nitrogens with zero attached hydrogens (tertiary/aromatic N) is 2. The van der Waals surface area contributed by atoms with Gasteiger partial charge in [-0.1, -0.05) is 0 Å². The number of carbonyl (C=O) groups is 2. The lowest BCUT2D eigenvalue weighted by molar-refractivity contribution is -0.135. The smallest absolute Gasteiger partial charge is 0.308 e. The van der Waals surface area contributed by atoms with Crippen molar-refractivity contribution < 1.29 is 19.1 Å². The molecular weight excluding hydrogens is 528 g/mol. The van der Waals surface area contributed by atoms with Crippen LogP contribution in [-0.2, 0) is 21.4 Å². The van der Waals surface area contributed by atoms with Crippen molar-refractivity contribution >= 4 is 45.2 Å². The van der Waals surface area contributed by atoms with E-state index in [-0.39, 0.29) is 29.4 Å². The van der Waals surface area contributed by atoms with Crippen molar-refractivity contribution in [3.05, 3.63) is 50.1 Å². The zero-order valence-corrected chi connectivity index (χ0v) is 22.5. The first-order chi connectivity index (χ1) is 16.8. The molecule has 2 aliphatic carbocycles. The molecule has 3 heterocycles. The van der Waals surface area contributed by atoms with Crippen LogP contribution in [0, 0.1) is 5.92 Å². The monoisotopic (exact) mass is 556 g/mol. The number of halogens is 1. The number of carbonyl (C=O) groups excluding carboxylic acids is 2. The van der Waals surface area contributed by atoms with Gasteiger partial charge in [0.25, 0.3) is 0 Å². The Bertz CT molecular complexity index is 1240. The molecule has 2 aliphatic heterocycles. The molecular formula is C27H29BrN2O4S. The predicted octanol–water partition coefficient (Wildman–Crippen LogP) is 4.65. The van der Waals surface area contributed by atoms with E-state index in [9.17, 15) is 9.59 Å². The largest absolute Gasteiger partial charge is 0.487 e. The number of piperidine rings is 1. The van der Waals surface area contributed by atoms with Gasteiger partial charge < -0.3 is 19.3 Å². The van der Waals surface area contributed by atoms with Crippen molar-refractivity contribution in [2.45, 2.75) is 56.2 Å². The van der Waals surface area contributed by atoms with E-state index in [1.165, 1.54) is 12.5 Å². The van der Waals surface area contributed by atoms with E-state index in [0.29, 0.717) is 17.7 Å². The van der Waals surface area contributed by atoms with Crippen molar-refractivity contribution in [1.82, 2.24) is 9.80 Å². The molecule has 5 atom stereocenters. The molecule has 2 bridgehead atoms. The van der Waals surface area contributed by atoms with Crippen LogP contribution >= 0.6 is 27.3 Å². The number of rotatable bonds is 4. The highest BCUT2D eigenvalue weighted by Gasteiger charge is 2.66. The van der Waals surface area contributed by atoms with E-state index in [4.69, 9.17) is 9.47 Å². The Kier molecular flexibility index (Phi) is 5.62. The van der Waals surface area contributed by atoms with Crippen LogP contribution in [0.5, 0.6) is 11.5 Å². The summed E-state index contributed by atoms with van der Waals surface area (Å²) in [5.74, 6) is 1.73. The minimum absolute atomic E-state index is 0.00459. The van der Waals surface area contributed by atoms with Crippen LogP contribution in [0.1, 0.15) is 42.2 Å². The van der Waals surface area contributed by atoms with E-state index < -0.39 is 0 Å². The highest BCUT2D eigenvalue weighted by molar-refractivity contribution is 9.10. The number of hydrogen-bond donors (Lipinski definition) is 0. The van der Waals surface area contributed by atoms with E-state index in [2.05, 4.69) is 27.9 Å². The van der Waals surface area contributed by atoms with Gasteiger partial charge in [0.2, 0.25) is 5.91 Å². The number of thiophene rings is 1. The van der Waals surface area contributed by atoms with E-state index in [1.54, 1.807) is 17.4 Å². The lowest BCUT2D eigenvalue weighted by Gasteiger charge is -2.59. The van der Waals surface area contributed by atoms with Gasteiger partial charge in [-0.2, -0.15) is 0 Å². The summed E-state index contributed by atoms with van der Waals surface area (Å²) in [7, 11) is 4.11. The molecule has 4 aliphatic rings. The van der Waals surface area contributed by atoms with Crippen molar-refractivity contribution in [3.8, 4) is 11.5 Å². The lowest BCUT2D eigenvalue weighted by Crippen LogP contribution is -2.68. The summed E-state index contributed by atoms with van der Waals surface area (Å²) in [5.41, 5.74) is 2.20. The molecule has 0 N–H and O–H groups in total. The fourth-order valence-corrected chi connectivity index (χ4v) is 8.54. The fourth-order valence-electron chi connectivity index (χ4n) is 7.21. The van der Waals surface area contributed by atoms with Gasteiger partial charge in [-0.25, -0.2) is 0 Å². The Morgan fingerprint density at radius 2 is 2.17 bits per heavy atom. The molecule has 8 heteroatoms. The van der Waals surface area contributed by atoms with Crippen molar-refractivity contribution in [2.75, 3.05) is 20.6 Å². The Balaban J connectivity index is 1.37. The van der Waals surface area contributed by atoms with E-state index in [0.717, 1.165) is 52.9 Å². The number of amides is 1. The number of hydrogen-bond acceptors (Lipinski definition) is 6. The van der Waals surface area contributed by atoms with Crippen LogP contribution in [0.15, 0.2) is 34.1 Å². The van der Waals surface area contributed by atoms with E-state index in [1.807, 2.05) is 41.6 Å². The van der Waals surface area contributed by atoms with Crippen molar-refractivity contribution in [3.63, 3.8) is 0 Å². The average Bonchev–Trinajstić information content (AvgIpc) is 3.40. The molecule has 184 valence electrons. The van der Waals surface area contributed by atoms with Gasteiger partial charge in [0.1, 0.15) is 17.6 Å². The van der Waals surface area contributed by atoms with Crippen molar-refractivity contribution in [1.29, 1.82) is 0 Å². The van der Waals surface area contributed by atoms with Gasteiger partial charge in [0, 0.05) is 57.4 Å². The van der Waals surface area contributed by atoms with Gasteiger partial charge in [0.05, 0.1) is 6.04 Å². The molecule has 0 unspecified atom stereocenters. The topological polar surface area (TPSA) is 59.1 Å². The molecule has 6 nitrogen and oxygen atoms in total. The SMILES string of the molecule is CC(=O)Oc1ccc2c3c1C[C@@H]1[C@@H]4CC[C@H](N(C)C(=O)/C=C/c5cc(Br)cs5)[C@H](O2)[C@]34CCN1C. The molecule has 1 spiro atoms. The molecule has 6 rings (SSSR count). The van der Waals surface area contributed by atoms with Crippen LogP contribution in [0.4, 0.5) is 0 Å². The third kappa shape index (κ3) is 3.51. The third-order valence-electron chi connectivity index (χ3n) is 8.64. The van der Waals surface area contributed by atoms with Crippen molar-refractivity contribution in [2.24, 2.45) is 5.92 Å². The van der Waals surface area contributed by atoms with E-state index >= 15 is 0 Å². The van der Waals surface area contributed by atoms with Gasteiger partial charge in [-0.05, 0) is 85.4 Å². The lowest BCUT2D eigenvalue weighted by atomic mass is 9.51. The summed E-state index contributed by atoms with van der Waals surface area (Å²) >= 11 is 5.07. The van der Waals surface area contributed by atoms with Crippen LogP contribution < -0.4 is 9.47 Å². The molecule has 2 aromatic rings. The Morgan fingerprint density at radius 3 is 2.91 bits per heavy atom. The maximum absolute atomic E-state index is 13.3. The molecule has 35 heavy (non-hydrogen) atoms. The minimum Gasteiger partial charge on any atom is -0.487 e. The molecule has 2 fully saturated rings. The zero-order valence-electron chi connectivity index (χ0n) is 20.1. The Morgan fingerprint density at radius 1 is 1.34 bits per heavy atom. The molecule has 1 aromatic carbocycles. The first-order valence-electron chi connectivity index (χ1n) is 12.2. The molecule has 1 amide bonds. The number of esters is 1. The quantitative estimate of drug-likeness (QED) is 0.312. The maximum atomic E-state index is 13.3. The second-order valence-electron chi connectivity index (χ2n) is 10.3.